The average molecular weight is 502 g/mol. The summed E-state index contributed by atoms with van der Waals surface area (Å²) in [6.45, 7) is 5.76. The highest BCUT2D eigenvalue weighted by Crippen LogP contribution is 2.28. The molecule has 192 valence electrons. The molecule has 14 heteroatoms. The van der Waals surface area contributed by atoms with Crippen molar-refractivity contribution in [2.24, 2.45) is 5.73 Å². The van der Waals surface area contributed by atoms with Gasteiger partial charge in [0.15, 0.2) is 11.6 Å². The van der Waals surface area contributed by atoms with E-state index >= 15 is 0 Å². The van der Waals surface area contributed by atoms with E-state index in [1.165, 1.54) is 17.1 Å². The van der Waals surface area contributed by atoms with Gasteiger partial charge >= 0.3 is 6.09 Å². The lowest BCUT2D eigenvalue weighted by Gasteiger charge is -2.26. The Hall–Kier alpha value is -4.49. The molecule has 0 aliphatic heterocycles. The summed E-state index contributed by atoms with van der Waals surface area (Å²) in [7, 11) is 0. The Morgan fingerprint density at radius 3 is 2.67 bits per heavy atom. The van der Waals surface area contributed by atoms with Crippen LogP contribution in [0.3, 0.4) is 0 Å². The summed E-state index contributed by atoms with van der Waals surface area (Å²) >= 11 is 0. The maximum Gasteiger partial charge on any atom is 0.404 e. The SMILES string of the molecule is CCC[C@H](Nc1nc(Nc2cnc(OCC)c(-n3ccnn3)c2)c(C(N)=O)cc1F)[C@H](C)NC(=O)O. The molecule has 2 amide bonds. The van der Waals surface area contributed by atoms with Gasteiger partial charge in [-0.3, -0.25) is 4.79 Å². The number of hydrogen-bond donors (Lipinski definition) is 5. The quantitative estimate of drug-likeness (QED) is 0.247. The van der Waals surface area contributed by atoms with Gasteiger partial charge in [-0.25, -0.2) is 23.8 Å². The molecule has 0 bridgehead atoms. The van der Waals surface area contributed by atoms with E-state index in [0.717, 1.165) is 6.07 Å². The number of ether oxygens (including phenoxy) is 1. The molecule has 0 aromatic carbocycles. The maximum atomic E-state index is 14.9. The Kier molecular flexibility index (Phi) is 8.54. The molecule has 0 saturated carbocycles. The highest BCUT2D eigenvalue weighted by molar-refractivity contribution is 5.98. The molecule has 0 unspecified atom stereocenters. The zero-order chi connectivity index (χ0) is 26.2. The monoisotopic (exact) mass is 501 g/mol. The van der Waals surface area contributed by atoms with Crippen LogP contribution in [0, 0.1) is 5.82 Å². The highest BCUT2D eigenvalue weighted by atomic mass is 19.1. The van der Waals surface area contributed by atoms with Gasteiger partial charge in [-0.1, -0.05) is 18.6 Å². The molecule has 0 aliphatic carbocycles. The lowest BCUT2D eigenvalue weighted by atomic mass is 10.0. The van der Waals surface area contributed by atoms with Crippen molar-refractivity contribution in [1.29, 1.82) is 0 Å². The number of nitrogens with zero attached hydrogens (tertiary/aromatic N) is 5. The van der Waals surface area contributed by atoms with Crippen LogP contribution in [0.5, 0.6) is 5.88 Å². The third-order valence-corrected chi connectivity index (χ3v) is 5.16. The van der Waals surface area contributed by atoms with Crippen molar-refractivity contribution in [2.45, 2.75) is 45.7 Å². The third kappa shape index (κ3) is 6.34. The van der Waals surface area contributed by atoms with Crippen molar-refractivity contribution in [3.05, 3.63) is 42.1 Å². The van der Waals surface area contributed by atoms with Crippen LogP contribution in [0.25, 0.3) is 5.69 Å². The fraction of sp³-hybridized carbons (Fsp3) is 0.364. The molecule has 0 aliphatic rings. The van der Waals surface area contributed by atoms with Crippen LogP contribution in [0.15, 0.2) is 30.7 Å². The van der Waals surface area contributed by atoms with Crippen molar-refractivity contribution in [3.8, 4) is 11.6 Å². The van der Waals surface area contributed by atoms with Gasteiger partial charge in [0.1, 0.15) is 11.5 Å². The van der Waals surface area contributed by atoms with E-state index in [2.05, 4.69) is 36.2 Å². The van der Waals surface area contributed by atoms with E-state index in [1.807, 2.05) is 13.8 Å². The molecule has 3 aromatic heterocycles. The number of carbonyl (C=O) groups is 2. The second kappa shape index (κ2) is 11.8. The fourth-order valence-electron chi connectivity index (χ4n) is 3.50. The van der Waals surface area contributed by atoms with Gasteiger partial charge in [-0.05, 0) is 32.4 Å². The number of carboxylic acid groups (broad SMARTS) is 1. The summed E-state index contributed by atoms with van der Waals surface area (Å²) in [6.07, 6.45) is 4.60. The van der Waals surface area contributed by atoms with Gasteiger partial charge in [0, 0.05) is 12.1 Å². The first-order chi connectivity index (χ1) is 17.2. The Labute approximate surface area is 206 Å². The van der Waals surface area contributed by atoms with Crippen molar-refractivity contribution in [3.63, 3.8) is 0 Å². The molecule has 0 radical (unpaired) electrons. The normalized spacial score (nSPS) is 12.4. The zero-order valence-electron chi connectivity index (χ0n) is 20.0. The third-order valence-electron chi connectivity index (χ3n) is 5.16. The van der Waals surface area contributed by atoms with Gasteiger partial charge < -0.3 is 31.5 Å². The van der Waals surface area contributed by atoms with Crippen LogP contribution in [-0.2, 0) is 0 Å². The minimum absolute atomic E-state index is 0.0176. The molecular weight excluding hydrogens is 473 g/mol. The van der Waals surface area contributed by atoms with E-state index in [9.17, 15) is 14.0 Å². The second-order valence-corrected chi connectivity index (χ2v) is 7.81. The molecule has 2 atom stereocenters. The molecule has 6 N–H and O–H groups in total. The predicted molar refractivity (Wildman–Crippen MR) is 129 cm³/mol. The zero-order valence-corrected chi connectivity index (χ0v) is 20.0. The number of rotatable bonds is 12. The van der Waals surface area contributed by atoms with Crippen LogP contribution in [0.1, 0.15) is 44.0 Å². The molecule has 13 nitrogen and oxygen atoms in total. The first kappa shape index (κ1) is 26.1. The molecular formula is C22H28FN9O4. The topological polar surface area (TPSA) is 182 Å². The number of anilines is 3. The van der Waals surface area contributed by atoms with Crippen LogP contribution >= 0.6 is 0 Å². The van der Waals surface area contributed by atoms with E-state index in [-0.39, 0.29) is 17.2 Å². The summed E-state index contributed by atoms with van der Waals surface area (Å²) in [5.41, 5.74) is 6.15. The summed E-state index contributed by atoms with van der Waals surface area (Å²) < 4.78 is 21.9. The van der Waals surface area contributed by atoms with E-state index in [0.29, 0.717) is 36.7 Å². The van der Waals surface area contributed by atoms with Crippen molar-refractivity contribution in [2.75, 3.05) is 17.2 Å². The number of amides is 2. The van der Waals surface area contributed by atoms with E-state index in [1.54, 1.807) is 19.2 Å². The minimum atomic E-state index is -1.20. The molecule has 3 rings (SSSR count). The smallest absolute Gasteiger partial charge is 0.404 e. The number of aromatic nitrogens is 5. The minimum Gasteiger partial charge on any atom is -0.476 e. The summed E-state index contributed by atoms with van der Waals surface area (Å²) in [5.74, 6) is -1.59. The van der Waals surface area contributed by atoms with Crippen LogP contribution in [0.2, 0.25) is 0 Å². The van der Waals surface area contributed by atoms with Gasteiger partial charge in [0.05, 0.1) is 36.4 Å². The first-order valence-electron chi connectivity index (χ1n) is 11.3. The fourth-order valence-corrected chi connectivity index (χ4v) is 3.50. The Balaban J connectivity index is 1.98. The number of nitrogens with two attached hydrogens (primary N) is 1. The van der Waals surface area contributed by atoms with Gasteiger partial charge in [-0.2, -0.15) is 0 Å². The number of carbonyl (C=O) groups excluding carboxylic acids is 1. The molecule has 3 aromatic rings. The second-order valence-electron chi connectivity index (χ2n) is 7.81. The van der Waals surface area contributed by atoms with Crippen LogP contribution < -0.4 is 26.4 Å². The lowest BCUT2D eigenvalue weighted by molar-refractivity contribution is 0.1000. The van der Waals surface area contributed by atoms with Crippen LogP contribution in [0.4, 0.5) is 26.5 Å². The number of pyridine rings is 2. The molecule has 3 heterocycles. The number of nitrogens with one attached hydrogen (secondary N) is 3. The average Bonchev–Trinajstić information content (AvgIpc) is 3.36. The van der Waals surface area contributed by atoms with Crippen molar-refractivity contribution >= 4 is 29.3 Å². The lowest BCUT2D eigenvalue weighted by Crippen LogP contribution is -2.44. The van der Waals surface area contributed by atoms with Gasteiger partial charge in [0.2, 0.25) is 5.88 Å². The van der Waals surface area contributed by atoms with Gasteiger partial charge in [0.25, 0.3) is 5.91 Å². The highest BCUT2D eigenvalue weighted by Gasteiger charge is 2.23. The first-order valence-corrected chi connectivity index (χ1v) is 11.3. The summed E-state index contributed by atoms with van der Waals surface area (Å²) in [6, 6.07) is 1.61. The Bertz CT molecular complexity index is 1210. The standard InChI is InChI=1S/C22H28FN9O4/c1-4-6-16(12(3)27-22(34)35)29-20-15(23)10-14(18(24)33)19(30-20)28-13-9-17(32-8-7-26-31-32)21(25-11-13)36-5-2/h7-12,16,27H,4-6H2,1-3H3,(H2,24,33)(H,34,35)(H2,28,29,30)/t12-,16-/m0/s1. The number of halogens is 1. The molecule has 0 saturated heterocycles. The van der Waals surface area contributed by atoms with Gasteiger partial charge in [-0.15, -0.1) is 5.10 Å². The summed E-state index contributed by atoms with van der Waals surface area (Å²) in [4.78, 5) is 31.7. The Morgan fingerprint density at radius 1 is 1.28 bits per heavy atom. The van der Waals surface area contributed by atoms with Crippen molar-refractivity contribution < 1.29 is 23.8 Å². The largest absolute Gasteiger partial charge is 0.476 e. The van der Waals surface area contributed by atoms with E-state index in [4.69, 9.17) is 15.6 Å². The number of primary amides is 1. The summed E-state index contributed by atoms with van der Waals surface area (Å²) in [5, 5.41) is 25.1. The Morgan fingerprint density at radius 2 is 2.06 bits per heavy atom. The predicted octanol–water partition coefficient (Wildman–Crippen LogP) is 2.67. The van der Waals surface area contributed by atoms with Crippen LogP contribution in [-0.4, -0.2) is 60.8 Å². The maximum absolute atomic E-state index is 14.9. The molecule has 36 heavy (non-hydrogen) atoms. The van der Waals surface area contributed by atoms with E-state index < -0.39 is 29.9 Å². The molecule has 0 spiro atoms. The number of hydrogen-bond acceptors (Lipinski definition) is 9. The van der Waals surface area contributed by atoms with Crippen molar-refractivity contribution in [1.82, 2.24) is 30.3 Å². The molecule has 0 fully saturated rings.